The Labute approximate surface area is 111 Å². The summed E-state index contributed by atoms with van der Waals surface area (Å²) in [4.78, 5) is 2.66. The third-order valence-corrected chi connectivity index (χ3v) is 5.07. The predicted molar refractivity (Wildman–Crippen MR) is 75.4 cm³/mol. The van der Waals surface area contributed by atoms with Crippen LogP contribution < -0.4 is 0 Å². The Hall–Kier alpha value is -0.860. The molecule has 0 aliphatic carbocycles. The molecule has 0 aromatic heterocycles. The van der Waals surface area contributed by atoms with Crippen molar-refractivity contribution >= 4 is 0 Å². The summed E-state index contributed by atoms with van der Waals surface area (Å²) in [5.41, 5.74) is 1.47. The first-order chi connectivity index (χ1) is 8.79. The first kappa shape index (κ1) is 12.2. The number of piperazine rings is 1. The van der Waals surface area contributed by atoms with E-state index in [-0.39, 0.29) is 0 Å². The maximum absolute atomic E-state index is 2.66. The molecule has 2 fully saturated rings. The molecule has 2 saturated heterocycles. The van der Waals surface area contributed by atoms with Gasteiger partial charge in [0.2, 0.25) is 0 Å². The van der Waals surface area contributed by atoms with Crippen molar-refractivity contribution in [2.75, 3.05) is 39.3 Å². The van der Waals surface area contributed by atoms with Crippen LogP contribution in [0.25, 0.3) is 0 Å². The maximum Gasteiger partial charge on any atom is 0.0916 e. The minimum absolute atomic E-state index is 0.578. The lowest BCUT2D eigenvalue weighted by Gasteiger charge is -2.44. The molecule has 1 spiro atoms. The van der Waals surface area contributed by atoms with Gasteiger partial charge in [-0.05, 0) is 12.5 Å². The normalized spacial score (nSPS) is 25.4. The van der Waals surface area contributed by atoms with Gasteiger partial charge in [-0.15, -0.1) is 0 Å². The third kappa shape index (κ3) is 2.32. The first-order valence-electron chi connectivity index (χ1n) is 7.43. The zero-order valence-corrected chi connectivity index (χ0v) is 11.5. The number of quaternary nitrogens is 1. The van der Waals surface area contributed by atoms with Crippen LogP contribution in [0.3, 0.4) is 0 Å². The van der Waals surface area contributed by atoms with E-state index in [2.05, 4.69) is 42.2 Å². The molecule has 1 aromatic carbocycles. The van der Waals surface area contributed by atoms with Gasteiger partial charge < -0.3 is 4.48 Å². The lowest BCUT2D eigenvalue weighted by molar-refractivity contribution is -0.921. The molecule has 98 valence electrons. The Morgan fingerprint density at radius 3 is 2.17 bits per heavy atom. The summed E-state index contributed by atoms with van der Waals surface area (Å²) in [5.74, 6) is 0. The van der Waals surface area contributed by atoms with Crippen LogP contribution in [-0.2, 0) is 0 Å². The van der Waals surface area contributed by atoms with Crippen LogP contribution in [0.4, 0.5) is 0 Å². The van der Waals surface area contributed by atoms with Crippen molar-refractivity contribution in [1.82, 2.24) is 4.90 Å². The van der Waals surface area contributed by atoms with Gasteiger partial charge in [-0.25, -0.2) is 0 Å². The van der Waals surface area contributed by atoms with Gasteiger partial charge in [0.1, 0.15) is 0 Å². The molecule has 0 saturated carbocycles. The fourth-order valence-electron chi connectivity index (χ4n) is 3.69. The van der Waals surface area contributed by atoms with Gasteiger partial charge in [-0.2, -0.15) is 0 Å². The van der Waals surface area contributed by atoms with Gasteiger partial charge in [0.25, 0.3) is 0 Å². The number of hydrogen-bond donors (Lipinski definition) is 0. The molecule has 1 atom stereocenters. The molecule has 1 unspecified atom stereocenters. The van der Waals surface area contributed by atoms with Crippen LogP contribution >= 0.6 is 0 Å². The quantitative estimate of drug-likeness (QED) is 0.724. The van der Waals surface area contributed by atoms with Crippen molar-refractivity contribution in [1.29, 1.82) is 0 Å². The van der Waals surface area contributed by atoms with Crippen molar-refractivity contribution in [3.63, 3.8) is 0 Å². The van der Waals surface area contributed by atoms with E-state index in [9.17, 15) is 0 Å². The predicted octanol–water partition coefficient (Wildman–Crippen LogP) is 2.67. The summed E-state index contributed by atoms with van der Waals surface area (Å²) in [6.45, 7) is 10.5. The molecule has 2 aliphatic rings. The zero-order valence-electron chi connectivity index (χ0n) is 11.5. The summed E-state index contributed by atoms with van der Waals surface area (Å²) >= 11 is 0. The van der Waals surface area contributed by atoms with Crippen LogP contribution in [0.1, 0.15) is 31.4 Å². The number of hydrogen-bond acceptors (Lipinski definition) is 1. The molecule has 0 radical (unpaired) electrons. The third-order valence-electron chi connectivity index (χ3n) is 5.07. The van der Waals surface area contributed by atoms with E-state index in [1.807, 2.05) is 0 Å². The molecule has 2 heterocycles. The van der Waals surface area contributed by atoms with Crippen molar-refractivity contribution < 1.29 is 4.48 Å². The number of benzene rings is 1. The van der Waals surface area contributed by atoms with Gasteiger partial charge >= 0.3 is 0 Å². The lowest BCUT2D eigenvalue weighted by Crippen LogP contribution is -2.58. The number of rotatable bonds is 2. The Morgan fingerprint density at radius 2 is 1.56 bits per heavy atom. The Balaban J connectivity index is 1.62. The molecule has 2 aliphatic heterocycles. The van der Waals surface area contributed by atoms with Crippen LogP contribution in [0.15, 0.2) is 30.3 Å². The maximum atomic E-state index is 2.66. The van der Waals surface area contributed by atoms with E-state index in [0.717, 1.165) is 0 Å². The SMILES string of the molecule is CC(c1ccccc1)N1CC[N+]2(CCCC2)CC1. The molecule has 2 nitrogen and oxygen atoms in total. The standard InChI is InChI=1S/C16H25N2/c1-15(16-7-3-2-4-8-16)17-9-13-18(14-10-17)11-5-6-12-18/h2-4,7-8,15H,5-6,9-14H2,1H3/q+1. The molecular weight excluding hydrogens is 220 g/mol. The number of nitrogens with zero attached hydrogens (tertiary/aromatic N) is 2. The molecule has 3 rings (SSSR count). The zero-order chi connectivity index (χ0) is 12.4. The van der Waals surface area contributed by atoms with E-state index < -0.39 is 0 Å². The van der Waals surface area contributed by atoms with Gasteiger partial charge in [-0.1, -0.05) is 30.3 Å². The van der Waals surface area contributed by atoms with Gasteiger partial charge in [0.05, 0.1) is 26.2 Å². The highest BCUT2D eigenvalue weighted by molar-refractivity contribution is 5.18. The van der Waals surface area contributed by atoms with Crippen molar-refractivity contribution in [2.24, 2.45) is 0 Å². The Kier molecular flexibility index (Phi) is 3.40. The molecule has 1 aromatic rings. The largest absolute Gasteiger partial charge is 0.321 e. The van der Waals surface area contributed by atoms with E-state index in [1.165, 1.54) is 62.2 Å². The molecule has 18 heavy (non-hydrogen) atoms. The van der Waals surface area contributed by atoms with Crippen LogP contribution in [0.2, 0.25) is 0 Å². The van der Waals surface area contributed by atoms with E-state index in [1.54, 1.807) is 0 Å². The second-order valence-electron chi connectivity index (χ2n) is 6.07. The highest BCUT2D eigenvalue weighted by atomic mass is 15.4. The highest BCUT2D eigenvalue weighted by Gasteiger charge is 2.36. The van der Waals surface area contributed by atoms with Gasteiger partial charge in [0, 0.05) is 32.0 Å². The van der Waals surface area contributed by atoms with Crippen molar-refractivity contribution in [3.05, 3.63) is 35.9 Å². The molecule has 0 N–H and O–H groups in total. The summed E-state index contributed by atoms with van der Waals surface area (Å²) < 4.78 is 1.41. The van der Waals surface area contributed by atoms with Crippen LogP contribution in [0, 0.1) is 0 Å². The van der Waals surface area contributed by atoms with Crippen molar-refractivity contribution in [3.8, 4) is 0 Å². The summed E-state index contributed by atoms with van der Waals surface area (Å²) in [6, 6.07) is 11.5. The fourth-order valence-corrected chi connectivity index (χ4v) is 3.69. The van der Waals surface area contributed by atoms with Gasteiger partial charge in [0.15, 0.2) is 0 Å². The molecule has 0 bridgehead atoms. The average Bonchev–Trinajstić information content (AvgIpc) is 2.88. The van der Waals surface area contributed by atoms with Crippen LogP contribution in [0.5, 0.6) is 0 Å². The average molecular weight is 245 g/mol. The van der Waals surface area contributed by atoms with Gasteiger partial charge in [-0.3, -0.25) is 4.90 Å². The Bertz CT molecular complexity index is 371. The molecule has 2 heteroatoms. The first-order valence-corrected chi connectivity index (χ1v) is 7.43. The van der Waals surface area contributed by atoms with Crippen molar-refractivity contribution in [2.45, 2.75) is 25.8 Å². The summed E-state index contributed by atoms with van der Waals surface area (Å²) in [7, 11) is 0. The Morgan fingerprint density at radius 1 is 0.944 bits per heavy atom. The topological polar surface area (TPSA) is 3.24 Å². The monoisotopic (exact) mass is 245 g/mol. The van der Waals surface area contributed by atoms with E-state index in [0.29, 0.717) is 6.04 Å². The fraction of sp³-hybridized carbons (Fsp3) is 0.625. The minimum Gasteiger partial charge on any atom is -0.321 e. The smallest absolute Gasteiger partial charge is 0.0916 e. The summed E-state index contributed by atoms with van der Waals surface area (Å²) in [6.07, 6.45) is 2.91. The van der Waals surface area contributed by atoms with E-state index >= 15 is 0 Å². The second kappa shape index (κ2) is 5.02. The summed E-state index contributed by atoms with van der Waals surface area (Å²) in [5, 5.41) is 0. The second-order valence-corrected chi connectivity index (χ2v) is 6.07. The highest BCUT2D eigenvalue weighted by Crippen LogP contribution is 2.27. The molecular formula is C16H25N2+. The lowest BCUT2D eigenvalue weighted by atomic mass is 10.1. The molecule has 0 amide bonds. The van der Waals surface area contributed by atoms with E-state index in [4.69, 9.17) is 0 Å². The minimum atomic E-state index is 0.578. The van der Waals surface area contributed by atoms with Crippen LogP contribution in [-0.4, -0.2) is 48.7 Å².